The van der Waals surface area contributed by atoms with Crippen molar-refractivity contribution in [2.75, 3.05) is 6.54 Å². The van der Waals surface area contributed by atoms with Gasteiger partial charge >= 0.3 is 6.03 Å². The molecule has 0 bridgehead atoms. The molecule has 0 aliphatic heterocycles. The number of thioether (sulfide) groups is 1. The van der Waals surface area contributed by atoms with Gasteiger partial charge in [0.25, 0.3) is 5.56 Å². The van der Waals surface area contributed by atoms with Crippen molar-refractivity contribution in [3.8, 4) is 0 Å². The maximum absolute atomic E-state index is 12.8. The van der Waals surface area contributed by atoms with Crippen molar-refractivity contribution < 1.29 is 9.59 Å². The van der Waals surface area contributed by atoms with Gasteiger partial charge in [-0.1, -0.05) is 11.8 Å². The summed E-state index contributed by atoms with van der Waals surface area (Å²) in [6.45, 7) is 3.91. The number of hydrogen-bond donors (Lipinski definition) is 2. The predicted octanol–water partition coefficient (Wildman–Crippen LogP) is 2.20. The molecule has 2 aromatic heterocycles. The molecule has 1 aliphatic rings. The van der Waals surface area contributed by atoms with E-state index in [4.69, 9.17) is 0 Å². The molecular formula is C17H22N4O3S2. The monoisotopic (exact) mass is 394 g/mol. The lowest BCUT2D eigenvalue weighted by Crippen LogP contribution is -2.42. The van der Waals surface area contributed by atoms with E-state index in [1.165, 1.54) is 21.2 Å². The number of nitrogens with zero attached hydrogens (tertiary/aromatic N) is 2. The summed E-state index contributed by atoms with van der Waals surface area (Å²) in [4.78, 5) is 43.1. The molecule has 0 spiro atoms. The second-order valence-electron chi connectivity index (χ2n) is 6.26. The summed E-state index contributed by atoms with van der Waals surface area (Å²) in [5.74, 6) is -0.416. The number of carbonyl (C=O) groups is 2. The summed E-state index contributed by atoms with van der Waals surface area (Å²) in [5, 5.41) is 5.47. The van der Waals surface area contributed by atoms with Gasteiger partial charge in [-0.05, 0) is 45.1 Å². The number of aryl methyl sites for hydroxylation is 2. The summed E-state index contributed by atoms with van der Waals surface area (Å²) in [6, 6.07) is -0.520. The zero-order valence-electron chi connectivity index (χ0n) is 15.0. The van der Waals surface area contributed by atoms with Crippen molar-refractivity contribution in [1.82, 2.24) is 20.2 Å². The molecular weight excluding hydrogens is 372 g/mol. The van der Waals surface area contributed by atoms with E-state index in [9.17, 15) is 14.4 Å². The first kappa shape index (κ1) is 18.9. The van der Waals surface area contributed by atoms with E-state index in [1.54, 1.807) is 32.2 Å². The van der Waals surface area contributed by atoms with Crippen LogP contribution < -0.4 is 16.2 Å². The van der Waals surface area contributed by atoms with Crippen molar-refractivity contribution in [3.63, 3.8) is 0 Å². The Hall–Kier alpha value is -1.87. The van der Waals surface area contributed by atoms with Gasteiger partial charge in [-0.25, -0.2) is 9.78 Å². The summed E-state index contributed by atoms with van der Waals surface area (Å²) >= 11 is 2.77. The molecule has 26 heavy (non-hydrogen) atoms. The molecule has 9 heteroatoms. The van der Waals surface area contributed by atoms with Crippen molar-refractivity contribution in [1.29, 1.82) is 0 Å². The van der Waals surface area contributed by atoms with Crippen LogP contribution in [0.2, 0.25) is 0 Å². The maximum atomic E-state index is 12.8. The minimum atomic E-state index is -0.553. The van der Waals surface area contributed by atoms with Crippen LogP contribution >= 0.6 is 23.1 Å². The van der Waals surface area contributed by atoms with Gasteiger partial charge in [0.1, 0.15) is 4.83 Å². The lowest BCUT2D eigenvalue weighted by Gasteiger charge is -2.13. The maximum Gasteiger partial charge on any atom is 0.321 e. The summed E-state index contributed by atoms with van der Waals surface area (Å²) in [5.41, 5.74) is 1.09. The molecule has 2 aromatic rings. The lowest BCUT2D eigenvalue weighted by molar-refractivity contribution is -0.119. The Morgan fingerprint density at radius 2 is 2.08 bits per heavy atom. The first-order chi connectivity index (χ1) is 12.4. The molecule has 0 saturated carbocycles. The van der Waals surface area contributed by atoms with Crippen LogP contribution in [0, 0.1) is 0 Å². The highest BCUT2D eigenvalue weighted by Crippen LogP contribution is 2.34. The van der Waals surface area contributed by atoms with Gasteiger partial charge in [0.2, 0.25) is 5.91 Å². The SMILES string of the molecule is CCNC(=O)NC(=O)[C@H](C)Sc1nc2sc3c(c2c(=O)n1C)CCCC3. The van der Waals surface area contributed by atoms with Crippen LogP contribution in [-0.4, -0.2) is 33.3 Å². The lowest BCUT2D eigenvalue weighted by atomic mass is 9.97. The van der Waals surface area contributed by atoms with Gasteiger partial charge in [-0.3, -0.25) is 19.5 Å². The number of hydrogen-bond acceptors (Lipinski definition) is 6. The third kappa shape index (κ3) is 3.64. The van der Waals surface area contributed by atoms with E-state index in [0.717, 1.165) is 41.5 Å². The summed E-state index contributed by atoms with van der Waals surface area (Å²) < 4.78 is 1.50. The fraction of sp³-hybridized carbons (Fsp3) is 0.529. The smallest absolute Gasteiger partial charge is 0.321 e. The Labute approximate surface area is 159 Å². The Balaban J connectivity index is 1.86. The van der Waals surface area contributed by atoms with Gasteiger partial charge in [0.15, 0.2) is 5.16 Å². The minimum Gasteiger partial charge on any atom is -0.338 e. The van der Waals surface area contributed by atoms with Crippen LogP contribution in [0.3, 0.4) is 0 Å². The van der Waals surface area contributed by atoms with Crippen molar-refractivity contribution >= 4 is 45.3 Å². The van der Waals surface area contributed by atoms with E-state index in [1.807, 2.05) is 0 Å². The van der Waals surface area contributed by atoms with Crippen LogP contribution in [0.5, 0.6) is 0 Å². The fourth-order valence-electron chi connectivity index (χ4n) is 3.00. The van der Waals surface area contributed by atoms with E-state index < -0.39 is 17.2 Å². The van der Waals surface area contributed by atoms with Gasteiger partial charge in [0.05, 0.1) is 10.6 Å². The topological polar surface area (TPSA) is 93.1 Å². The first-order valence-corrected chi connectivity index (χ1v) is 10.4. The van der Waals surface area contributed by atoms with Crippen molar-refractivity contribution in [2.45, 2.75) is 49.9 Å². The molecule has 0 saturated heterocycles. The first-order valence-electron chi connectivity index (χ1n) is 8.69. The van der Waals surface area contributed by atoms with Crippen molar-refractivity contribution in [2.24, 2.45) is 7.05 Å². The molecule has 3 rings (SSSR count). The average molecular weight is 395 g/mol. The number of nitrogens with one attached hydrogen (secondary N) is 2. The third-order valence-electron chi connectivity index (χ3n) is 4.38. The normalized spacial score (nSPS) is 14.7. The number of rotatable bonds is 4. The number of aromatic nitrogens is 2. The van der Waals surface area contributed by atoms with Crippen LogP contribution in [-0.2, 0) is 24.7 Å². The molecule has 140 valence electrons. The predicted molar refractivity (Wildman–Crippen MR) is 104 cm³/mol. The third-order valence-corrected chi connectivity index (χ3v) is 6.71. The van der Waals surface area contributed by atoms with Crippen LogP contribution in [0.25, 0.3) is 10.2 Å². The highest BCUT2D eigenvalue weighted by Gasteiger charge is 2.23. The molecule has 3 amide bonds. The van der Waals surface area contributed by atoms with Crippen LogP contribution in [0.1, 0.15) is 37.1 Å². The Kier molecular flexibility index (Phi) is 5.67. The second kappa shape index (κ2) is 7.79. The number of thiophene rings is 1. The molecule has 7 nitrogen and oxygen atoms in total. The molecule has 2 heterocycles. The Bertz CT molecular complexity index is 919. The van der Waals surface area contributed by atoms with E-state index in [-0.39, 0.29) is 5.56 Å². The number of carbonyl (C=O) groups excluding carboxylic acids is 2. The number of amides is 3. The molecule has 0 unspecified atom stereocenters. The number of urea groups is 1. The number of imide groups is 1. The summed E-state index contributed by atoms with van der Waals surface area (Å²) in [6.07, 6.45) is 4.20. The van der Waals surface area contributed by atoms with E-state index >= 15 is 0 Å². The molecule has 1 aliphatic carbocycles. The molecule has 0 radical (unpaired) electrons. The average Bonchev–Trinajstić information content (AvgIpc) is 2.97. The zero-order valence-corrected chi connectivity index (χ0v) is 16.7. The van der Waals surface area contributed by atoms with Gasteiger partial charge in [-0.15, -0.1) is 11.3 Å². The standard InChI is InChI=1S/C17H22N4O3S2/c1-4-18-16(24)19-13(22)9(2)25-17-20-14-12(15(23)21(17)3)10-7-5-6-8-11(10)26-14/h9H,4-8H2,1-3H3,(H2,18,19,22,24)/t9-/m0/s1. The van der Waals surface area contributed by atoms with Crippen molar-refractivity contribution in [3.05, 3.63) is 20.8 Å². The molecule has 1 atom stereocenters. The highest BCUT2D eigenvalue weighted by atomic mass is 32.2. The van der Waals surface area contributed by atoms with Crippen LogP contribution in [0.15, 0.2) is 9.95 Å². The minimum absolute atomic E-state index is 0.0618. The quantitative estimate of drug-likeness (QED) is 0.613. The second-order valence-corrected chi connectivity index (χ2v) is 8.65. The fourth-order valence-corrected chi connectivity index (χ4v) is 5.18. The van der Waals surface area contributed by atoms with Gasteiger partial charge in [-0.2, -0.15) is 0 Å². The van der Waals surface area contributed by atoms with E-state index in [0.29, 0.717) is 11.7 Å². The molecule has 2 N–H and O–H groups in total. The largest absolute Gasteiger partial charge is 0.338 e. The molecule has 0 fully saturated rings. The highest BCUT2D eigenvalue weighted by molar-refractivity contribution is 8.00. The Morgan fingerprint density at radius 3 is 2.81 bits per heavy atom. The van der Waals surface area contributed by atoms with Crippen LogP contribution in [0.4, 0.5) is 4.79 Å². The number of fused-ring (bicyclic) bond motifs is 3. The molecule has 0 aromatic carbocycles. The van der Waals surface area contributed by atoms with Gasteiger partial charge < -0.3 is 5.32 Å². The Morgan fingerprint density at radius 1 is 1.35 bits per heavy atom. The summed E-state index contributed by atoms with van der Waals surface area (Å²) in [7, 11) is 1.68. The van der Waals surface area contributed by atoms with Gasteiger partial charge in [0, 0.05) is 18.5 Å². The van der Waals surface area contributed by atoms with E-state index in [2.05, 4.69) is 15.6 Å². The zero-order chi connectivity index (χ0) is 18.8.